The zero-order valence-corrected chi connectivity index (χ0v) is 16.9. The lowest BCUT2D eigenvalue weighted by molar-refractivity contribution is -0.124. The van der Waals surface area contributed by atoms with Crippen LogP contribution in [0.2, 0.25) is 0 Å². The molecule has 0 atom stereocenters. The molecule has 6 heteroatoms. The number of carbonyl (C=O) groups excluding carboxylic acids is 2. The Balaban J connectivity index is 1.33. The Kier molecular flexibility index (Phi) is 7.57. The van der Waals surface area contributed by atoms with Crippen molar-refractivity contribution in [2.24, 2.45) is 0 Å². The molecule has 1 heterocycles. The number of likely N-dealkylation sites (tertiary alicyclic amines) is 1. The number of hydrogen-bond donors (Lipinski definition) is 2. The van der Waals surface area contributed by atoms with E-state index in [9.17, 15) is 9.59 Å². The SMILES string of the molecule is CCc1ccc(OCC(=O)NC2CCN(C(=O)NC3CCCCC3)CC2)cc1. The summed E-state index contributed by atoms with van der Waals surface area (Å²) in [6.45, 7) is 3.49. The zero-order valence-electron chi connectivity index (χ0n) is 16.9. The molecule has 2 fully saturated rings. The highest BCUT2D eigenvalue weighted by atomic mass is 16.5. The molecule has 2 aliphatic rings. The van der Waals surface area contributed by atoms with Crippen molar-refractivity contribution in [1.29, 1.82) is 0 Å². The highest BCUT2D eigenvalue weighted by Crippen LogP contribution is 2.18. The summed E-state index contributed by atoms with van der Waals surface area (Å²) in [5, 5.41) is 6.20. The summed E-state index contributed by atoms with van der Waals surface area (Å²) in [7, 11) is 0. The molecule has 0 radical (unpaired) electrons. The van der Waals surface area contributed by atoms with Gasteiger partial charge in [0.15, 0.2) is 6.61 Å². The van der Waals surface area contributed by atoms with Crippen LogP contribution in [-0.4, -0.2) is 48.6 Å². The highest BCUT2D eigenvalue weighted by molar-refractivity contribution is 5.78. The van der Waals surface area contributed by atoms with Crippen molar-refractivity contribution in [3.63, 3.8) is 0 Å². The van der Waals surface area contributed by atoms with E-state index in [0.29, 0.717) is 24.9 Å². The van der Waals surface area contributed by atoms with Crippen LogP contribution in [0.4, 0.5) is 4.79 Å². The van der Waals surface area contributed by atoms with E-state index >= 15 is 0 Å². The van der Waals surface area contributed by atoms with E-state index in [2.05, 4.69) is 17.6 Å². The van der Waals surface area contributed by atoms with Crippen molar-refractivity contribution in [2.75, 3.05) is 19.7 Å². The first-order valence-corrected chi connectivity index (χ1v) is 10.7. The van der Waals surface area contributed by atoms with Gasteiger partial charge in [-0.05, 0) is 49.8 Å². The molecular weight excluding hydrogens is 354 g/mol. The summed E-state index contributed by atoms with van der Waals surface area (Å²) >= 11 is 0. The maximum Gasteiger partial charge on any atom is 0.317 e. The van der Waals surface area contributed by atoms with Gasteiger partial charge in [-0.2, -0.15) is 0 Å². The maximum absolute atomic E-state index is 12.4. The summed E-state index contributed by atoms with van der Waals surface area (Å²) in [6, 6.07) is 8.32. The molecule has 1 aromatic carbocycles. The lowest BCUT2D eigenvalue weighted by atomic mass is 9.95. The predicted octanol–water partition coefficient (Wildman–Crippen LogP) is 3.25. The van der Waals surface area contributed by atoms with Crippen LogP contribution in [0, 0.1) is 0 Å². The molecule has 3 amide bonds. The van der Waals surface area contributed by atoms with E-state index < -0.39 is 0 Å². The van der Waals surface area contributed by atoms with Crippen molar-refractivity contribution in [2.45, 2.75) is 70.4 Å². The first kappa shape index (κ1) is 20.5. The first-order chi connectivity index (χ1) is 13.6. The molecule has 28 heavy (non-hydrogen) atoms. The van der Waals surface area contributed by atoms with Gasteiger partial charge in [0, 0.05) is 25.2 Å². The third-order valence-corrected chi connectivity index (χ3v) is 5.78. The number of nitrogens with zero attached hydrogens (tertiary/aromatic N) is 1. The Morgan fingerprint density at radius 2 is 1.61 bits per heavy atom. The fourth-order valence-corrected chi connectivity index (χ4v) is 3.98. The molecule has 1 saturated heterocycles. The second-order valence-electron chi connectivity index (χ2n) is 7.90. The van der Waals surface area contributed by atoms with Gasteiger partial charge in [-0.25, -0.2) is 4.79 Å². The van der Waals surface area contributed by atoms with Crippen molar-refractivity contribution in [1.82, 2.24) is 15.5 Å². The number of nitrogens with one attached hydrogen (secondary N) is 2. The van der Waals surface area contributed by atoms with E-state index in [1.807, 2.05) is 29.2 Å². The minimum atomic E-state index is -0.107. The van der Waals surface area contributed by atoms with Gasteiger partial charge >= 0.3 is 6.03 Å². The van der Waals surface area contributed by atoms with Crippen molar-refractivity contribution >= 4 is 11.9 Å². The number of aryl methyl sites for hydroxylation is 1. The van der Waals surface area contributed by atoms with Gasteiger partial charge in [-0.15, -0.1) is 0 Å². The minimum Gasteiger partial charge on any atom is -0.484 e. The monoisotopic (exact) mass is 387 g/mol. The lowest BCUT2D eigenvalue weighted by Gasteiger charge is -2.34. The Bertz CT molecular complexity index is 633. The average Bonchev–Trinajstić information content (AvgIpc) is 2.74. The molecular formula is C22H33N3O3. The first-order valence-electron chi connectivity index (χ1n) is 10.7. The van der Waals surface area contributed by atoms with Crippen LogP contribution >= 0.6 is 0 Å². The van der Waals surface area contributed by atoms with E-state index in [-0.39, 0.29) is 24.6 Å². The second-order valence-corrected chi connectivity index (χ2v) is 7.90. The number of amides is 3. The zero-order chi connectivity index (χ0) is 19.8. The number of carbonyl (C=O) groups is 2. The van der Waals surface area contributed by atoms with E-state index in [4.69, 9.17) is 4.74 Å². The Morgan fingerprint density at radius 3 is 2.25 bits per heavy atom. The van der Waals surface area contributed by atoms with Crippen molar-refractivity contribution < 1.29 is 14.3 Å². The molecule has 154 valence electrons. The highest BCUT2D eigenvalue weighted by Gasteiger charge is 2.25. The smallest absolute Gasteiger partial charge is 0.317 e. The molecule has 0 unspecified atom stereocenters. The molecule has 0 spiro atoms. The normalized spacial score (nSPS) is 18.5. The lowest BCUT2D eigenvalue weighted by Crippen LogP contribution is -2.51. The van der Waals surface area contributed by atoms with E-state index in [1.165, 1.54) is 24.8 Å². The standard InChI is InChI=1S/C22H33N3O3/c1-2-17-8-10-20(11-9-17)28-16-21(26)23-19-12-14-25(15-13-19)22(27)24-18-6-4-3-5-7-18/h8-11,18-19H,2-7,12-16H2,1H3,(H,23,26)(H,24,27). The third-order valence-electron chi connectivity index (χ3n) is 5.78. The summed E-state index contributed by atoms with van der Waals surface area (Å²) in [6.07, 6.45) is 8.46. The summed E-state index contributed by atoms with van der Waals surface area (Å²) in [5.41, 5.74) is 1.25. The molecule has 1 saturated carbocycles. The summed E-state index contributed by atoms with van der Waals surface area (Å²) < 4.78 is 5.57. The number of urea groups is 1. The van der Waals surface area contributed by atoms with Gasteiger partial charge in [0.2, 0.25) is 0 Å². The second kappa shape index (κ2) is 10.3. The van der Waals surface area contributed by atoms with Crippen LogP contribution in [0.3, 0.4) is 0 Å². The minimum absolute atomic E-state index is 0.0217. The number of hydrogen-bond acceptors (Lipinski definition) is 3. The van der Waals surface area contributed by atoms with Crippen LogP contribution < -0.4 is 15.4 Å². The van der Waals surface area contributed by atoms with Crippen LogP contribution in [0.1, 0.15) is 57.4 Å². The molecule has 2 N–H and O–H groups in total. The molecule has 0 aromatic heterocycles. The van der Waals surface area contributed by atoms with E-state index in [0.717, 1.165) is 32.1 Å². The van der Waals surface area contributed by atoms with Crippen molar-refractivity contribution in [3.05, 3.63) is 29.8 Å². The fraction of sp³-hybridized carbons (Fsp3) is 0.636. The average molecular weight is 388 g/mol. The van der Waals surface area contributed by atoms with Gasteiger partial charge in [-0.3, -0.25) is 4.79 Å². The van der Waals surface area contributed by atoms with Crippen LogP contribution in [-0.2, 0) is 11.2 Å². The number of ether oxygens (including phenoxy) is 1. The molecule has 1 aliphatic carbocycles. The molecule has 0 bridgehead atoms. The van der Waals surface area contributed by atoms with Crippen LogP contribution in [0.25, 0.3) is 0 Å². The number of rotatable bonds is 6. The molecule has 1 aliphatic heterocycles. The number of piperidine rings is 1. The van der Waals surface area contributed by atoms with Gasteiger partial charge in [-0.1, -0.05) is 38.3 Å². The van der Waals surface area contributed by atoms with E-state index in [1.54, 1.807) is 0 Å². The summed E-state index contributed by atoms with van der Waals surface area (Å²) in [5.74, 6) is 0.603. The largest absolute Gasteiger partial charge is 0.484 e. The number of benzene rings is 1. The van der Waals surface area contributed by atoms with Gasteiger partial charge in [0.05, 0.1) is 0 Å². The van der Waals surface area contributed by atoms with Crippen molar-refractivity contribution in [3.8, 4) is 5.75 Å². The predicted molar refractivity (Wildman–Crippen MR) is 109 cm³/mol. The molecule has 1 aromatic rings. The quantitative estimate of drug-likeness (QED) is 0.787. The van der Waals surface area contributed by atoms with Gasteiger partial charge in [0.1, 0.15) is 5.75 Å². The van der Waals surface area contributed by atoms with Crippen LogP contribution in [0.15, 0.2) is 24.3 Å². The Hall–Kier alpha value is -2.24. The molecule has 6 nitrogen and oxygen atoms in total. The molecule has 3 rings (SSSR count). The maximum atomic E-state index is 12.4. The fourth-order valence-electron chi connectivity index (χ4n) is 3.98. The van der Waals surface area contributed by atoms with Gasteiger partial charge < -0.3 is 20.3 Å². The van der Waals surface area contributed by atoms with Gasteiger partial charge in [0.25, 0.3) is 5.91 Å². The third kappa shape index (κ3) is 6.14. The Labute approximate surface area is 168 Å². The van der Waals surface area contributed by atoms with Crippen LogP contribution in [0.5, 0.6) is 5.75 Å². The Morgan fingerprint density at radius 1 is 0.964 bits per heavy atom. The topological polar surface area (TPSA) is 70.7 Å². The summed E-state index contributed by atoms with van der Waals surface area (Å²) in [4.78, 5) is 26.4.